The summed E-state index contributed by atoms with van der Waals surface area (Å²) in [6, 6.07) is 20.4. The predicted octanol–water partition coefficient (Wildman–Crippen LogP) is 6.63. The van der Waals surface area contributed by atoms with E-state index >= 15 is 4.39 Å². The molecule has 5 nitrogen and oxygen atoms in total. The van der Waals surface area contributed by atoms with Gasteiger partial charge in [-0.1, -0.05) is 42.8 Å². The van der Waals surface area contributed by atoms with E-state index < -0.39 is 5.97 Å². The molecule has 0 radical (unpaired) electrons. The second-order valence-electron chi connectivity index (χ2n) is 10.7. The Kier molecular flexibility index (Phi) is 7.32. The molecule has 5 rings (SSSR count). The maximum absolute atomic E-state index is 15.5. The van der Waals surface area contributed by atoms with Gasteiger partial charge in [0, 0.05) is 43.0 Å². The fourth-order valence-electron chi connectivity index (χ4n) is 5.99. The molecule has 38 heavy (non-hydrogen) atoms. The van der Waals surface area contributed by atoms with Gasteiger partial charge in [0.2, 0.25) is 5.91 Å². The molecule has 0 heterocycles. The highest BCUT2D eigenvalue weighted by molar-refractivity contribution is 5.96. The van der Waals surface area contributed by atoms with Crippen LogP contribution in [-0.2, 0) is 16.1 Å². The first-order valence-electron chi connectivity index (χ1n) is 13.2. The molecule has 0 aromatic heterocycles. The van der Waals surface area contributed by atoms with Crippen molar-refractivity contribution in [1.82, 2.24) is 0 Å². The Morgan fingerprint density at radius 2 is 1.71 bits per heavy atom. The Balaban J connectivity index is 1.44. The number of anilines is 2. The molecule has 2 saturated carbocycles. The van der Waals surface area contributed by atoms with Gasteiger partial charge in [-0.25, -0.2) is 9.18 Å². The lowest BCUT2D eigenvalue weighted by Gasteiger charge is -2.30. The lowest BCUT2D eigenvalue weighted by Crippen LogP contribution is -2.38. The van der Waals surface area contributed by atoms with Gasteiger partial charge in [-0.05, 0) is 84.2 Å². The summed E-state index contributed by atoms with van der Waals surface area (Å²) in [6.45, 7) is 0.116. The first-order valence-corrected chi connectivity index (χ1v) is 13.2. The first kappa shape index (κ1) is 25.7. The SMILES string of the molecule is CN(C)c1ccc(-c2ccc(CN(C(=O)[C@@H]3C[C@@H]4CC[C@H]3C4)c3cccc(/C=C/C(=O)O)c3)c(F)c2)cc1. The summed E-state index contributed by atoms with van der Waals surface area (Å²) < 4.78 is 15.5. The average molecular weight is 513 g/mol. The number of carbonyl (C=O) groups is 2. The minimum Gasteiger partial charge on any atom is -0.478 e. The van der Waals surface area contributed by atoms with Gasteiger partial charge >= 0.3 is 5.97 Å². The summed E-state index contributed by atoms with van der Waals surface area (Å²) in [5.41, 5.74) is 4.54. The predicted molar refractivity (Wildman–Crippen MR) is 149 cm³/mol. The van der Waals surface area contributed by atoms with Crippen LogP contribution in [0.1, 0.15) is 36.8 Å². The third kappa shape index (κ3) is 5.49. The van der Waals surface area contributed by atoms with E-state index in [1.54, 1.807) is 29.2 Å². The van der Waals surface area contributed by atoms with E-state index in [4.69, 9.17) is 5.11 Å². The van der Waals surface area contributed by atoms with Crippen molar-refractivity contribution in [2.75, 3.05) is 23.9 Å². The van der Waals surface area contributed by atoms with Gasteiger partial charge in [-0.2, -0.15) is 0 Å². The lowest BCUT2D eigenvalue weighted by atomic mass is 9.87. The van der Waals surface area contributed by atoms with Gasteiger partial charge in [0.25, 0.3) is 0 Å². The molecule has 2 aliphatic carbocycles. The van der Waals surface area contributed by atoms with Crippen LogP contribution in [0.3, 0.4) is 0 Å². The lowest BCUT2D eigenvalue weighted by molar-refractivity contribution is -0.131. The van der Waals surface area contributed by atoms with Crippen LogP contribution >= 0.6 is 0 Å². The monoisotopic (exact) mass is 512 g/mol. The molecule has 1 N–H and O–H groups in total. The Hall–Kier alpha value is -3.93. The average Bonchev–Trinajstić information content (AvgIpc) is 3.55. The van der Waals surface area contributed by atoms with Crippen molar-refractivity contribution in [3.8, 4) is 11.1 Å². The number of carbonyl (C=O) groups excluding carboxylic acids is 1. The Bertz CT molecular complexity index is 1370. The largest absolute Gasteiger partial charge is 0.478 e. The van der Waals surface area contributed by atoms with Crippen LogP contribution in [-0.4, -0.2) is 31.1 Å². The molecule has 0 spiro atoms. The highest BCUT2D eigenvalue weighted by atomic mass is 19.1. The number of halogens is 1. The van der Waals surface area contributed by atoms with Crippen molar-refractivity contribution in [2.24, 2.45) is 17.8 Å². The van der Waals surface area contributed by atoms with Crippen molar-refractivity contribution in [3.05, 3.63) is 89.8 Å². The van der Waals surface area contributed by atoms with Gasteiger partial charge in [-0.3, -0.25) is 4.79 Å². The van der Waals surface area contributed by atoms with Crippen molar-refractivity contribution >= 4 is 29.3 Å². The molecule has 3 atom stereocenters. The summed E-state index contributed by atoms with van der Waals surface area (Å²) in [4.78, 5) is 28.6. The van der Waals surface area contributed by atoms with Crippen molar-refractivity contribution in [3.63, 3.8) is 0 Å². The number of nitrogens with zero attached hydrogens (tertiary/aromatic N) is 2. The minimum atomic E-state index is -1.04. The second-order valence-corrected chi connectivity index (χ2v) is 10.7. The van der Waals surface area contributed by atoms with E-state index in [2.05, 4.69) is 0 Å². The van der Waals surface area contributed by atoms with Crippen molar-refractivity contribution in [2.45, 2.75) is 32.2 Å². The molecule has 0 aliphatic heterocycles. The fraction of sp³-hybridized carbons (Fsp3) is 0.312. The number of carboxylic acids is 1. The fourth-order valence-corrected chi connectivity index (χ4v) is 5.99. The normalized spacial score (nSPS) is 20.1. The Labute approximate surface area is 223 Å². The van der Waals surface area contributed by atoms with Crippen LogP contribution in [0.5, 0.6) is 0 Å². The summed E-state index contributed by atoms with van der Waals surface area (Å²) in [5, 5.41) is 9.02. The molecule has 2 bridgehead atoms. The van der Waals surface area contributed by atoms with Crippen LogP contribution in [0, 0.1) is 23.6 Å². The van der Waals surface area contributed by atoms with Crippen LogP contribution in [0.2, 0.25) is 0 Å². The quantitative estimate of drug-likeness (QED) is 0.344. The molecule has 2 aliphatic rings. The third-order valence-electron chi connectivity index (χ3n) is 8.02. The molecule has 3 aromatic rings. The van der Waals surface area contributed by atoms with Crippen LogP contribution in [0.25, 0.3) is 17.2 Å². The smallest absolute Gasteiger partial charge is 0.328 e. The first-order chi connectivity index (χ1) is 18.3. The molecule has 2 fully saturated rings. The second kappa shape index (κ2) is 10.8. The van der Waals surface area contributed by atoms with Gasteiger partial charge in [0.15, 0.2) is 0 Å². The number of hydrogen-bond acceptors (Lipinski definition) is 3. The molecule has 0 saturated heterocycles. The van der Waals surface area contributed by atoms with Crippen LogP contribution in [0.4, 0.5) is 15.8 Å². The number of amides is 1. The van der Waals surface area contributed by atoms with Gasteiger partial charge in [0.1, 0.15) is 5.82 Å². The highest BCUT2D eigenvalue weighted by Crippen LogP contribution is 2.49. The van der Waals surface area contributed by atoms with Gasteiger partial charge in [-0.15, -0.1) is 0 Å². The topological polar surface area (TPSA) is 60.9 Å². The van der Waals surface area contributed by atoms with Crippen LogP contribution in [0.15, 0.2) is 72.8 Å². The van der Waals surface area contributed by atoms with E-state index in [0.717, 1.165) is 42.2 Å². The maximum atomic E-state index is 15.5. The zero-order valence-electron chi connectivity index (χ0n) is 21.8. The van der Waals surface area contributed by atoms with E-state index in [1.807, 2.05) is 55.4 Å². The number of benzene rings is 3. The molecule has 0 unspecified atom stereocenters. The van der Waals surface area contributed by atoms with Gasteiger partial charge in [0.05, 0.1) is 6.54 Å². The van der Waals surface area contributed by atoms with E-state index in [1.165, 1.54) is 18.6 Å². The van der Waals surface area contributed by atoms with E-state index in [0.29, 0.717) is 28.7 Å². The van der Waals surface area contributed by atoms with E-state index in [9.17, 15) is 9.59 Å². The molecule has 196 valence electrons. The van der Waals surface area contributed by atoms with Crippen molar-refractivity contribution in [1.29, 1.82) is 0 Å². The number of fused-ring (bicyclic) bond motifs is 2. The molecular formula is C32H33FN2O3. The standard InChI is InChI=1S/C32H33FN2O3/c1-34(2)27-13-11-23(12-14-27)24-9-10-26(30(33)19-24)20-35(32(38)29-18-22-6-8-25(29)16-22)28-5-3-4-21(17-28)7-15-31(36)37/h3-5,7,9-15,17,19,22,25,29H,6,8,16,18,20H2,1-2H3,(H,36,37)/b15-7+/t22-,25+,29-/m1/s1. The zero-order valence-corrected chi connectivity index (χ0v) is 21.8. The summed E-state index contributed by atoms with van der Waals surface area (Å²) in [5.74, 6) is -0.419. The molecule has 1 amide bonds. The zero-order chi connectivity index (χ0) is 26.8. The van der Waals surface area contributed by atoms with Gasteiger partial charge < -0.3 is 14.9 Å². The van der Waals surface area contributed by atoms with E-state index in [-0.39, 0.29) is 24.2 Å². The summed E-state index contributed by atoms with van der Waals surface area (Å²) in [6.07, 6.45) is 6.83. The Morgan fingerprint density at radius 3 is 2.34 bits per heavy atom. The number of aliphatic carboxylic acids is 1. The summed E-state index contributed by atoms with van der Waals surface area (Å²) >= 11 is 0. The molecule has 6 heteroatoms. The molecule has 3 aromatic carbocycles. The maximum Gasteiger partial charge on any atom is 0.328 e. The number of rotatable bonds is 8. The van der Waals surface area contributed by atoms with Crippen molar-refractivity contribution < 1.29 is 19.1 Å². The minimum absolute atomic E-state index is 0.0271. The third-order valence-corrected chi connectivity index (χ3v) is 8.02. The number of carboxylic acid groups (broad SMARTS) is 1. The summed E-state index contributed by atoms with van der Waals surface area (Å²) in [7, 11) is 3.96. The highest BCUT2D eigenvalue weighted by Gasteiger charge is 2.44. The number of hydrogen-bond donors (Lipinski definition) is 1. The molecular weight excluding hydrogens is 479 g/mol. The Morgan fingerprint density at radius 1 is 0.947 bits per heavy atom. The van der Waals surface area contributed by atoms with Crippen LogP contribution < -0.4 is 9.80 Å².